The molecule has 1 amide bonds. The number of ether oxygens (including phenoxy) is 1. The number of benzene rings is 1. The fraction of sp³-hybridized carbons (Fsp3) is 0.632. The van der Waals surface area contributed by atoms with E-state index in [9.17, 15) is 9.18 Å². The third-order valence-corrected chi connectivity index (χ3v) is 4.67. The molecule has 0 bridgehead atoms. The number of hydrogen-bond donors (Lipinski definition) is 1. The number of carbonyl (C=O) groups is 1. The quantitative estimate of drug-likeness (QED) is 0.893. The molecule has 0 saturated carbocycles. The second-order valence-electron chi connectivity index (χ2n) is 7.67. The van der Waals surface area contributed by atoms with E-state index >= 15 is 0 Å². The van der Waals surface area contributed by atoms with Gasteiger partial charge in [0, 0.05) is 25.0 Å². The summed E-state index contributed by atoms with van der Waals surface area (Å²) >= 11 is 0. The summed E-state index contributed by atoms with van der Waals surface area (Å²) in [5.74, 6) is -0.244. The van der Waals surface area contributed by atoms with Gasteiger partial charge in [0.15, 0.2) is 0 Å². The molecular weight excluding hydrogens is 307 g/mol. The molecule has 1 unspecified atom stereocenters. The highest BCUT2D eigenvalue weighted by atomic mass is 19.1. The number of nitrogens with two attached hydrogens (primary N) is 1. The first-order valence-electron chi connectivity index (χ1n) is 8.70. The molecule has 1 aromatic rings. The van der Waals surface area contributed by atoms with Crippen LogP contribution in [0.4, 0.5) is 9.18 Å². The molecule has 0 aliphatic carbocycles. The van der Waals surface area contributed by atoms with E-state index in [-0.39, 0.29) is 17.3 Å². The number of hydrogen-bond acceptors (Lipinski definition) is 3. The number of carbonyl (C=O) groups excluding carboxylic acids is 1. The van der Waals surface area contributed by atoms with E-state index in [4.69, 9.17) is 10.5 Å². The Morgan fingerprint density at radius 2 is 2.04 bits per heavy atom. The zero-order valence-corrected chi connectivity index (χ0v) is 15.0. The number of likely N-dealkylation sites (tertiary alicyclic amines) is 1. The summed E-state index contributed by atoms with van der Waals surface area (Å²) in [6.45, 7) is 7.31. The summed E-state index contributed by atoms with van der Waals surface area (Å²) in [6, 6.07) is 6.69. The van der Waals surface area contributed by atoms with Gasteiger partial charge in [-0.3, -0.25) is 0 Å². The Labute approximate surface area is 144 Å². The third-order valence-electron chi connectivity index (χ3n) is 4.67. The van der Waals surface area contributed by atoms with E-state index in [2.05, 4.69) is 0 Å². The Balaban J connectivity index is 2.17. The van der Waals surface area contributed by atoms with E-state index in [0.29, 0.717) is 26.1 Å². The first-order valence-corrected chi connectivity index (χ1v) is 8.70. The van der Waals surface area contributed by atoms with Crippen LogP contribution >= 0.6 is 0 Å². The minimum atomic E-state index is -0.507. The van der Waals surface area contributed by atoms with Crippen LogP contribution in [-0.4, -0.2) is 36.2 Å². The summed E-state index contributed by atoms with van der Waals surface area (Å²) in [6.07, 6.45) is 3.19. The molecule has 1 aliphatic rings. The van der Waals surface area contributed by atoms with E-state index in [1.807, 2.05) is 26.8 Å². The molecule has 1 aliphatic heterocycles. The monoisotopic (exact) mass is 336 g/mol. The lowest BCUT2D eigenvalue weighted by molar-refractivity contribution is 0.0217. The highest BCUT2D eigenvalue weighted by Crippen LogP contribution is 2.35. The van der Waals surface area contributed by atoms with Gasteiger partial charge in [0.2, 0.25) is 0 Å². The van der Waals surface area contributed by atoms with Crippen LogP contribution in [0.5, 0.6) is 0 Å². The van der Waals surface area contributed by atoms with Crippen LogP contribution in [-0.2, 0) is 10.2 Å². The van der Waals surface area contributed by atoms with Crippen molar-refractivity contribution in [3.05, 3.63) is 35.6 Å². The summed E-state index contributed by atoms with van der Waals surface area (Å²) in [7, 11) is 0. The summed E-state index contributed by atoms with van der Waals surface area (Å²) in [5, 5.41) is 0. The number of rotatable bonds is 2. The van der Waals surface area contributed by atoms with E-state index in [1.54, 1.807) is 17.0 Å². The minimum absolute atomic E-state index is 0.244. The third kappa shape index (κ3) is 4.69. The first-order chi connectivity index (χ1) is 11.3. The van der Waals surface area contributed by atoms with Crippen LogP contribution in [0.2, 0.25) is 0 Å². The van der Waals surface area contributed by atoms with Gasteiger partial charge in [-0.15, -0.1) is 0 Å². The second kappa shape index (κ2) is 7.51. The molecule has 134 valence electrons. The maximum Gasteiger partial charge on any atom is 0.410 e. The highest BCUT2D eigenvalue weighted by molar-refractivity contribution is 5.68. The lowest BCUT2D eigenvalue weighted by atomic mass is 9.73. The molecule has 5 heteroatoms. The molecule has 2 rings (SSSR count). The molecule has 0 radical (unpaired) electrons. The fourth-order valence-corrected chi connectivity index (χ4v) is 3.29. The van der Waals surface area contributed by atoms with Crippen LogP contribution < -0.4 is 5.73 Å². The smallest absolute Gasteiger partial charge is 0.410 e. The summed E-state index contributed by atoms with van der Waals surface area (Å²) in [4.78, 5) is 14.1. The van der Waals surface area contributed by atoms with E-state index in [1.165, 1.54) is 6.07 Å². The predicted molar refractivity (Wildman–Crippen MR) is 93.4 cm³/mol. The largest absolute Gasteiger partial charge is 0.444 e. The van der Waals surface area contributed by atoms with Crippen LogP contribution in [0.3, 0.4) is 0 Å². The van der Waals surface area contributed by atoms with Crippen molar-refractivity contribution < 1.29 is 13.9 Å². The standard InChI is InChI=1S/C19H29FN2O2/c1-18(2,3)24-17(23)22-11-5-4-9-19(14-21,10-12-22)15-7-6-8-16(20)13-15/h6-8,13H,4-5,9-12,14,21H2,1-3H3. The first kappa shape index (κ1) is 18.7. The van der Waals surface area contributed by atoms with Crippen LogP contribution in [0.25, 0.3) is 0 Å². The molecule has 1 heterocycles. The molecule has 4 nitrogen and oxygen atoms in total. The van der Waals surface area contributed by atoms with Gasteiger partial charge in [0.05, 0.1) is 0 Å². The van der Waals surface area contributed by atoms with Crippen molar-refractivity contribution in [2.75, 3.05) is 19.6 Å². The zero-order valence-electron chi connectivity index (χ0n) is 15.0. The maximum absolute atomic E-state index is 13.7. The summed E-state index contributed by atoms with van der Waals surface area (Å²) < 4.78 is 19.2. The van der Waals surface area contributed by atoms with Gasteiger partial charge < -0.3 is 15.4 Å². The Morgan fingerprint density at radius 1 is 1.29 bits per heavy atom. The Bertz CT molecular complexity index is 571. The number of nitrogens with zero attached hydrogens (tertiary/aromatic N) is 1. The van der Waals surface area contributed by atoms with Crippen LogP contribution in [0.1, 0.15) is 52.0 Å². The minimum Gasteiger partial charge on any atom is -0.444 e. The Kier molecular flexibility index (Phi) is 5.86. The van der Waals surface area contributed by atoms with Gasteiger partial charge in [-0.2, -0.15) is 0 Å². The van der Waals surface area contributed by atoms with Gasteiger partial charge in [0.25, 0.3) is 0 Å². The van der Waals surface area contributed by atoms with Gasteiger partial charge in [-0.1, -0.05) is 18.6 Å². The van der Waals surface area contributed by atoms with Crippen LogP contribution in [0, 0.1) is 5.82 Å². The Morgan fingerprint density at radius 3 is 2.67 bits per heavy atom. The molecule has 1 atom stereocenters. The van der Waals surface area contributed by atoms with Crippen molar-refractivity contribution >= 4 is 6.09 Å². The predicted octanol–water partition coefficient (Wildman–Crippen LogP) is 3.83. The molecular formula is C19H29FN2O2. The molecule has 1 aromatic carbocycles. The van der Waals surface area contributed by atoms with E-state index in [0.717, 1.165) is 24.8 Å². The summed E-state index contributed by atoms with van der Waals surface area (Å²) in [5.41, 5.74) is 6.24. The van der Waals surface area contributed by atoms with Crippen molar-refractivity contribution in [3.8, 4) is 0 Å². The van der Waals surface area contributed by atoms with Crippen molar-refractivity contribution in [3.63, 3.8) is 0 Å². The second-order valence-corrected chi connectivity index (χ2v) is 7.67. The van der Waals surface area contributed by atoms with Crippen molar-refractivity contribution in [2.45, 2.75) is 57.5 Å². The number of amides is 1. The highest BCUT2D eigenvalue weighted by Gasteiger charge is 2.34. The molecule has 0 spiro atoms. The molecule has 2 N–H and O–H groups in total. The average Bonchev–Trinajstić information content (AvgIpc) is 2.46. The van der Waals surface area contributed by atoms with Crippen molar-refractivity contribution in [1.82, 2.24) is 4.90 Å². The fourth-order valence-electron chi connectivity index (χ4n) is 3.29. The topological polar surface area (TPSA) is 55.6 Å². The van der Waals surface area contributed by atoms with Gasteiger partial charge >= 0.3 is 6.09 Å². The molecule has 1 fully saturated rings. The normalized spacial score (nSPS) is 22.6. The van der Waals surface area contributed by atoms with Gasteiger partial charge in [-0.05, 0) is 57.7 Å². The maximum atomic E-state index is 13.7. The van der Waals surface area contributed by atoms with Crippen LogP contribution in [0.15, 0.2) is 24.3 Å². The SMILES string of the molecule is CC(C)(C)OC(=O)N1CCCCC(CN)(c2cccc(F)c2)CC1. The van der Waals surface area contributed by atoms with Gasteiger partial charge in [-0.25, -0.2) is 9.18 Å². The van der Waals surface area contributed by atoms with E-state index < -0.39 is 5.60 Å². The average molecular weight is 336 g/mol. The Hall–Kier alpha value is -1.62. The number of halogens is 1. The molecule has 1 saturated heterocycles. The lowest BCUT2D eigenvalue weighted by Gasteiger charge is -2.38. The molecule has 0 aromatic heterocycles. The van der Waals surface area contributed by atoms with Crippen molar-refractivity contribution in [1.29, 1.82) is 0 Å². The van der Waals surface area contributed by atoms with Crippen molar-refractivity contribution in [2.24, 2.45) is 5.73 Å². The zero-order chi connectivity index (χ0) is 17.8. The molecule has 24 heavy (non-hydrogen) atoms. The lowest BCUT2D eigenvalue weighted by Crippen LogP contribution is -2.44. The van der Waals surface area contributed by atoms with Gasteiger partial charge in [0.1, 0.15) is 11.4 Å².